The third kappa shape index (κ3) is 2.80. The number of phenolic OH excluding ortho intramolecular Hbond substituents is 1. The van der Waals surface area contributed by atoms with Gasteiger partial charge in [0.1, 0.15) is 11.8 Å². The molecule has 0 aliphatic rings. The molecule has 1 heterocycles. The van der Waals surface area contributed by atoms with E-state index < -0.39 is 6.04 Å². The molecule has 0 radical (unpaired) electrons. The molecule has 0 amide bonds. The van der Waals surface area contributed by atoms with Gasteiger partial charge < -0.3 is 20.5 Å². The Hall–Kier alpha value is -1.92. The van der Waals surface area contributed by atoms with Crippen molar-refractivity contribution in [1.82, 2.24) is 10.1 Å². The Bertz CT molecular complexity index is 481. The summed E-state index contributed by atoms with van der Waals surface area (Å²) in [6.45, 7) is -0.235. The number of hydrogen-bond acceptors (Lipinski definition) is 6. The second-order valence-corrected chi connectivity index (χ2v) is 3.68. The number of aliphatic hydroxyl groups excluding tert-OH is 1. The molecule has 0 saturated carbocycles. The molecule has 0 aliphatic heterocycles. The zero-order valence-electron chi connectivity index (χ0n) is 9.08. The first-order valence-electron chi connectivity index (χ1n) is 5.16. The Morgan fingerprint density at radius 1 is 1.29 bits per heavy atom. The minimum Gasteiger partial charge on any atom is -0.508 e. The molecule has 0 aliphatic carbocycles. The molecule has 4 N–H and O–H groups in total. The van der Waals surface area contributed by atoms with Gasteiger partial charge in [0.15, 0.2) is 5.82 Å². The standard InChI is InChI=1S/C11H13N3O3/c12-9(6-15)11-13-10(14-17-11)5-7-1-3-8(16)4-2-7/h1-4,9,15-16H,5-6,12H2/t9-/m0/s1. The molecule has 0 fully saturated rings. The first-order valence-corrected chi connectivity index (χ1v) is 5.16. The summed E-state index contributed by atoms with van der Waals surface area (Å²) in [4.78, 5) is 4.07. The van der Waals surface area contributed by atoms with E-state index in [1.807, 2.05) is 0 Å². The predicted molar refractivity (Wildman–Crippen MR) is 59.2 cm³/mol. The fraction of sp³-hybridized carbons (Fsp3) is 0.273. The van der Waals surface area contributed by atoms with Crippen LogP contribution in [0.25, 0.3) is 0 Å². The van der Waals surface area contributed by atoms with E-state index in [1.165, 1.54) is 0 Å². The summed E-state index contributed by atoms with van der Waals surface area (Å²) < 4.78 is 4.92. The first-order chi connectivity index (χ1) is 8.19. The maximum atomic E-state index is 9.14. The largest absolute Gasteiger partial charge is 0.508 e. The molecule has 1 aromatic carbocycles. The lowest BCUT2D eigenvalue weighted by molar-refractivity contribution is 0.236. The molecule has 6 heteroatoms. The lowest BCUT2D eigenvalue weighted by Gasteiger charge is -1.99. The molecule has 2 rings (SSSR count). The number of phenols is 1. The summed E-state index contributed by atoms with van der Waals surface area (Å²) in [7, 11) is 0. The number of hydrogen-bond donors (Lipinski definition) is 3. The summed E-state index contributed by atoms with van der Waals surface area (Å²) in [5.41, 5.74) is 6.49. The highest BCUT2D eigenvalue weighted by atomic mass is 16.5. The molecule has 17 heavy (non-hydrogen) atoms. The van der Waals surface area contributed by atoms with Crippen LogP contribution in [0.5, 0.6) is 5.75 Å². The predicted octanol–water partition coefficient (Wildman–Crippen LogP) is 0.358. The van der Waals surface area contributed by atoms with Gasteiger partial charge in [-0.05, 0) is 17.7 Å². The number of rotatable bonds is 4. The Morgan fingerprint density at radius 2 is 2.00 bits per heavy atom. The summed E-state index contributed by atoms with van der Waals surface area (Å²) in [5, 5.41) is 21.7. The molecule has 6 nitrogen and oxygen atoms in total. The van der Waals surface area contributed by atoms with Gasteiger partial charge in [0.25, 0.3) is 0 Å². The van der Waals surface area contributed by atoms with Crippen LogP contribution in [0.3, 0.4) is 0 Å². The summed E-state index contributed by atoms with van der Waals surface area (Å²) in [5.74, 6) is 0.931. The SMILES string of the molecule is N[C@@H](CO)c1nc(Cc2ccc(O)cc2)no1. The monoisotopic (exact) mass is 235 g/mol. The van der Waals surface area contributed by atoms with E-state index in [9.17, 15) is 0 Å². The van der Waals surface area contributed by atoms with Gasteiger partial charge in [-0.3, -0.25) is 0 Å². The van der Waals surface area contributed by atoms with Crippen molar-refractivity contribution in [3.8, 4) is 5.75 Å². The van der Waals surface area contributed by atoms with Crippen LogP contribution < -0.4 is 5.73 Å². The fourth-order valence-electron chi connectivity index (χ4n) is 1.36. The maximum Gasteiger partial charge on any atom is 0.245 e. The quantitative estimate of drug-likeness (QED) is 0.706. The van der Waals surface area contributed by atoms with E-state index in [1.54, 1.807) is 24.3 Å². The molecule has 90 valence electrons. The highest BCUT2D eigenvalue weighted by Crippen LogP contribution is 2.13. The second-order valence-electron chi connectivity index (χ2n) is 3.68. The van der Waals surface area contributed by atoms with Gasteiger partial charge in [-0.1, -0.05) is 17.3 Å². The summed E-state index contributed by atoms with van der Waals surface area (Å²) in [6, 6.07) is 6.09. The van der Waals surface area contributed by atoms with Crippen molar-refractivity contribution < 1.29 is 14.7 Å². The van der Waals surface area contributed by atoms with Crippen LogP contribution in [0.4, 0.5) is 0 Å². The van der Waals surface area contributed by atoms with Crippen molar-refractivity contribution in [3.63, 3.8) is 0 Å². The average Bonchev–Trinajstić information content (AvgIpc) is 2.80. The molecular formula is C11H13N3O3. The highest BCUT2D eigenvalue weighted by Gasteiger charge is 2.13. The Kier molecular flexibility index (Phi) is 3.36. The lowest BCUT2D eigenvalue weighted by Crippen LogP contribution is -2.14. The third-order valence-electron chi connectivity index (χ3n) is 2.30. The maximum absolute atomic E-state index is 9.14. The third-order valence-corrected chi connectivity index (χ3v) is 2.30. The van der Waals surface area contributed by atoms with Crippen LogP contribution >= 0.6 is 0 Å². The number of nitrogens with two attached hydrogens (primary N) is 1. The fourth-order valence-corrected chi connectivity index (χ4v) is 1.36. The van der Waals surface area contributed by atoms with Crippen LogP contribution in [-0.4, -0.2) is 27.0 Å². The topological polar surface area (TPSA) is 105 Å². The van der Waals surface area contributed by atoms with Crippen LogP contribution in [0.1, 0.15) is 23.3 Å². The Balaban J connectivity index is 2.08. The van der Waals surface area contributed by atoms with Gasteiger partial charge >= 0.3 is 0 Å². The van der Waals surface area contributed by atoms with Crippen LogP contribution in [0.15, 0.2) is 28.8 Å². The van der Waals surface area contributed by atoms with E-state index >= 15 is 0 Å². The van der Waals surface area contributed by atoms with E-state index in [0.717, 1.165) is 5.56 Å². The van der Waals surface area contributed by atoms with Gasteiger partial charge in [-0.2, -0.15) is 4.98 Å². The minimum atomic E-state index is -0.643. The van der Waals surface area contributed by atoms with Crippen LogP contribution in [0.2, 0.25) is 0 Å². The molecule has 2 aromatic rings. The molecule has 1 atom stereocenters. The van der Waals surface area contributed by atoms with Crippen molar-refractivity contribution in [2.24, 2.45) is 5.73 Å². The molecule has 1 aromatic heterocycles. The van der Waals surface area contributed by atoms with Crippen molar-refractivity contribution in [1.29, 1.82) is 0 Å². The Labute approximate surface area is 97.7 Å². The number of aromatic nitrogens is 2. The van der Waals surface area contributed by atoms with E-state index in [0.29, 0.717) is 12.2 Å². The number of benzene rings is 1. The first kappa shape index (κ1) is 11.6. The molecular weight excluding hydrogens is 222 g/mol. The normalized spacial score (nSPS) is 12.6. The van der Waals surface area contributed by atoms with E-state index in [4.69, 9.17) is 20.5 Å². The second kappa shape index (κ2) is 4.94. The lowest BCUT2D eigenvalue weighted by atomic mass is 10.1. The van der Waals surface area contributed by atoms with Crippen molar-refractivity contribution in [3.05, 3.63) is 41.5 Å². The minimum absolute atomic E-state index is 0.213. The Morgan fingerprint density at radius 3 is 2.65 bits per heavy atom. The summed E-state index contributed by atoms with van der Waals surface area (Å²) in [6.07, 6.45) is 0.488. The molecule has 0 saturated heterocycles. The van der Waals surface area contributed by atoms with Crippen molar-refractivity contribution in [2.45, 2.75) is 12.5 Å². The van der Waals surface area contributed by atoms with Gasteiger partial charge in [-0.25, -0.2) is 0 Å². The molecule has 0 unspecified atom stereocenters. The smallest absolute Gasteiger partial charge is 0.245 e. The van der Waals surface area contributed by atoms with Gasteiger partial charge in [0.2, 0.25) is 5.89 Å². The number of aliphatic hydroxyl groups is 1. The van der Waals surface area contributed by atoms with E-state index in [2.05, 4.69) is 10.1 Å². The number of aromatic hydroxyl groups is 1. The van der Waals surface area contributed by atoms with E-state index in [-0.39, 0.29) is 18.2 Å². The molecule has 0 bridgehead atoms. The van der Waals surface area contributed by atoms with Gasteiger partial charge in [0.05, 0.1) is 6.61 Å². The highest BCUT2D eigenvalue weighted by molar-refractivity contribution is 5.27. The number of nitrogens with zero attached hydrogens (tertiary/aromatic N) is 2. The zero-order valence-corrected chi connectivity index (χ0v) is 9.08. The van der Waals surface area contributed by atoms with Crippen molar-refractivity contribution >= 4 is 0 Å². The van der Waals surface area contributed by atoms with Crippen LogP contribution in [0, 0.1) is 0 Å². The average molecular weight is 235 g/mol. The zero-order chi connectivity index (χ0) is 12.3. The van der Waals surface area contributed by atoms with Gasteiger partial charge in [-0.15, -0.1) is 0 Å². The molecule has 0 spiro atoms. The van der Waals surface area contributed by atoms with Crippen molar-refractivity contribution in [2.75, 3.05) is 6.61 Å². The summed E-state index contributed by atoms with van der Waals surface area (Å²) >= 11 is 0. The van der Waals surface area contributed by atoms with Crippen LogP contribution in [-0.2, 0) is 6.42 Å². The van der Waals surface area contributed by atoms with Gasteiger partial charge in [0, 0.05) is 6.42 Å².